The van der Waals surface area contributed by atoms with Gasteiger partial charge < -0.3 is 15.4 Å². The van der Waals surface area contributed by atoms with Gasteiger partial charge in [0.15, 0.2) is 5.96 Å². The normalized spacial score (nSPS) is 24.7. The van der Waals surface area contributed by atoms with Gasteiger partial charge in [-0.2, -0.15) is 0 Å². The van der Waals surface area contributed by atoms with Crippen molar-refractivity contribution in [2.45, 2.75) is 49.9 Å². The molecule has 4 unspecified atom stereocenters. The van der Waals surface area contributed by atoms with Gasteiger partial charge in [0.1, 0.15) is 5.82 Å². The summed E-state index contributed by atoms with van der Waals surface area (Å²) in [5, 5.41) is 7.28. The van der Waals surface area contributed by atoms with Crippen LogP contribution in [0.4, 0.5) is 4.39 Å². The summed E-state index contributed by atoms with van der Waals surface area (Å²) >= 11 is 0. The topological polar surface area (TPSA) is 66.0 Å². The maximum absolute atomic E-state index is 13.4. The Labute approximate surface area is 205 Å². The van der Waals surface area contributed by atoms with Gasteiger partial charge in [-0.15, -0.1) is 24.0 Å². The first-order valence-corrected chi connectivity index (χ1v) is 12.4. The van der Waals surface area contributed by atoms with Gasteiger partial charge in [-0.3, -0.25) is 14.1 Å². The minimum Gasteiger partial charge on any atom is -0.379 e. The summed E-state index contributed by atoms with van der Waals surface area (Å²) in [6.07, 6.45) is 4.14. The van der Waals surface area contributed by atoms with E-state index in [0.717, 1.165) is 56.0 Å². The molecular weight excluding hydrogens is 530 g/mol. The Morgan fingerprint density at radius 1 is 1.29 bits per heavy atom. The fourth-order valence-corrected chi connectivity index (χ4v) is 5.71. The SMILES string of the molecule is CCS(=O)C1CCCC(NC(=NC)NCC(c2ccc(F)cc2)N2CCOCC2)C1.I. The van der Waals surface area contributed by atoms with Crippen molar-refractivity contribution < 1.29 is 13.3 Å². The monoisotopic (exact) mass is 566 g/mol. The van der Waals surface area contributed by atoms with Crippen LogP contribution < -0.4 is 10.6 Å². The molecular formula is C22H36FIN4O2S. The minimum atomic E-state index is -0.742. The van der Waals surface area contributed by atoms with E-state index in [9.17, 15) is 8.60 Å². The molecule has 0 spiro atoms. The lowest BCUT2D eigenvalue weighted by Gasteiger charge is -2.35. The van der Waals surface area contributed by atoms with E-state index in [0.29, 0.717) is 19.8 Å². The van der Waals surface area contributed by atoms with Crippen molar-refractivity contribution >= 4 is 40.7 Å². The van der Waals surface area contributed by atoms with E-state index >= 15 is 0 Å². The molecule has 1 aliphatic heterocycles. The Bertz CT molecular complexity index is 716. The van der Waals surface area contributed by atoms with Gasteiger partial charge in [-0.05, 0) is 37.0 Å². The van der Waals surface area contributed by atoms with Crippen molar-refractivity contribution in [3.05, 3.63) is 35.6 Å². The molecule has 176 valence electrons. The van der Waals surface area contributed by atoms with Crippen molar-refractivity contribution in [1.29, 1.82) is 0 Å². The van der Waals surface area contributed by atoms with Crippen LogP contribution in [-0.4, -0.2) is 72.0 Å². The van der Waals surface area contributed by atoms with Gasteiger partial charge in [0.25, 0.3) is 0 Å². The highest BCUT2D eigenvalue weighted by Gasteiger charge is 2.27. The highest BCUT2D eigenvalue weighted by atomic mass is 127. The van der Waals surface area contributed by atoms with E-state index in [1.165, 1.54) is 12.1 Å². The number of hydrogen-bond acceptors (Lipinski definition) is 4. The van der Waals surface area contributed by atoms with Crippen LogP contribution in [0.25, 0.3) is 0 Å². The van der Waals surface area contributed by atoms with Crippen molar-refractivity contribution in [2.75, 3.05) is 45.6 Å². The number of nitrogens with one attached hydrogen (secondary N) is 2. The lowest BCUT2D eigenvalue weighted by molar-refractivity contribution is 0.0169. The smallest absolute Gasteiger partial charge is 0.191 e. The zero-order valence-electron chi connectivity index (χ0n) is 18.5. The van der Waals surface area contributed by atoms with E-state index < -0.39 is 10.8 Å². The number of halogens is 2. The van der Waals surface area contributed by atoms with E-state index in [4.69, 9.17) is 4.74 Å². The van der Waals surface area contributed by atoms with Crippen LogP contribution in [0.2, 0.25) is 0 Å². The molecule has 1 aliphatic carbocycles. The van der Waals surface area contributed by atoms with Crippen LogP contribution in [0.15, 0.2) is 29.3 Å². The molecule has 3 rings (SSSR count). The van der Waals surface area contributed by atoms with Gasteiger partial charge in [0.2, 0.25) is 0 Å². The van der Waals surface area contributed by atoms with E-state index in [1.54, 1.807) is 7.05 Å². The summed E-state index contributed by atoms with van der Waals surface area (Å²) in [4.78, 5) is 6.79. The second-order valence-electron chi connectivity index (χ2n) is 7.97. The summed E-state index contributed by atoms with van der Waals surface area (Å²) in [5.74, 6) is 1.27. The molecule has 1 aromatic rings. The number of guanidine groups is 1. The van der Waals surface area contributed by atoms with Crippen molar-refractivity contribution in [3.8, 4) is 0 Å². The largest absolute Gasteiger partial charge is 0.379 e. The van der Waals surface area contributed by atoms with Crippen LogP contribution in [0.5, 0.6) is 0 Å². The highest BCUT2D eigenvalue weighted by Crippen LogP contribution is 2.24. The molecule has 1 saturated heterocycles. The first-order chi connectivity index (χ1) is 14.6. The quantitative estimate of drug-likeness (QED) is 0.302. The molecule has 2 aliphatic rings. The first kappa shape index (κ1) is 26.5. The second kappa shape index (κ2) is 13.7. The molecule has 2 fully saturated rings. The van der Waals surface area contributed by atoms with Crippen molar-refractivity contribution in [1.82, 2.24) is 15.5 Å². The first-order valence-electron chi connectivity index (χ1n) is 11.0. The molecule has 1 aromatic carbocycles. The van der Waals surface area contributed by atoms with E-state index in [-0.39, 0.29) is 47.1 Å². The maximum Gasteiger partial charge on any atom is 0.191 e. The van der Waals surface area contributed by atoms with Gasteiger partial charge in [-0.25, -0.2) is 4.39 Å². The number of morpholine rings is 1. The summed E-state index contributed by atoms with van der Waals surface area (Å²) < 4.78 is 31.2. The third-order valence-corrected chi connectivity index (χ3v) is 7.79. The molecule has 6 nitrogen and oxygen atoms in total. The van der Waals surface area contributed by atoms with Crippen LogP contribution in [0.3, 0.4) is 0 Å². The molecule has 4 atom stereocenters. The predicted octanol–water partition coefficient (Wildman–Crippen LogP) is 3.06. The van der Waals surface area contributed by atoms with Crippen LogP contribution >= 0.6 is 24.0 Å². The van der Waals surface area contributed by atoms with Gasteiger partial charge in [-0.1, -0.05) is 25.5 Å². The number of hydrogen-bond donors (Lipinski definition) is 2. The van der Waals surface area contributed by atoms with Crippen LogP contribution in [0.1, 0.15) is 44.2 Å². The summed E-state index contributed by atoms with van der Waals surface area (Å²) in [5.41, 5.74) is 1.08. The molecule has 0 amide bonds. The third kappa shape index (κ3) is 7.94. The Hall–Kier alpha value is -0.780. The Kier molecular flexibility index (Phi) is 11.7. The lowest BCUT2D eigenvalue weighted by Crippen LogP contribution is -2.49. The third-order valence-electron chi connectivity index (χ3n) is 6.05. The summed E-state index contributed by atoms with van der Waals surface area (Å²) in [6, 6.07) is 7.16. The zero-order chi connectivity index (χ0) is 21.3. The fourth-order valence-electron chi connectivity index (χ4n) is 4.36. The van der Waals surface area contributed by atoms with Crippen molar-refractivity contribution in [3.63, 3.8) is 0 Å². The maximum atomic E-state index is 13.4. The summed E-state index contributed by atoms with van der Waals surface area (Å²) in [7, 11) is 1.04. The zero-order valence-corrected chi connectivity index (χ0v) is 21.7. The number of ether oxygens (including phenoxy) is 1. The molecule has 2 N–H and O–H groups in total. The van der Waals surface area contributed by atoms with Gasteiger partial charge in [0, 0.05) is 54.5 Å². The van der Waals surface area contributed by atoms with Crippen molar-refractivity contribution in [2.24, 2.45) is 4.99 Å². The van der Waals surface area contributed by atoms with Gasteiger partial charge in [0.05, 0.1) is 19.3 Å². The average Bonchev–Trinajstić information content (AvgIpc) is 2.79. The Balaban J connectivity index is 0.00000341. The molecule has 0 aromatic heterocycles. The number of aliphatic imine (C=N–C) groups is 1. The standard InChI is InChI=1S/C22H35FN4O2S.HI/c1-3-30(28)20-6-4-5-19(15-20)26-22(24-2)25-16-21(27-11-13-29-14-12-27)17-7-9-18(23)10-8-17;/h7-10,19-21H,3-6,11-16H2,1-2H3,(H2,24,25,26);1H. The molecule has 0 bridgehead atoms. The predicted molar refractivity (Wildman–Crippen MR) is 136 cm³/mol. The van der Waals surface area contributed by atoms with Crippen LogP contribution in [0, 0.1) is 5.82 Å². The average molecular weight is 567 g/mol. The van der Waals surface area contributed by atoms with E-state index in [1.807, 2.05) is 19.1 Å². The van der Waals surface area contributed by atoms with Crippen LogP contribution in [-0.2, 0) is 15.5 Å². The molecule has 31 heavy (non-hydrogen) atoms. The number of rotatable bonds is 7. The molecule has 1 heterocycles. The number of benzene rings is 1. The molecule has 0 radical (unpaired) electrons. The highest BCUT2D eigenvalue weighted by molar-refractivity contribution is 14.0. The fraction of sp³-hybridized carbons (Fsp3) is 0.682. The Morgan fingerprint density at radius 3 is 2.65 bits per heavy atom. The molecule has 9 heteroatoms. The minimum absolute atomic E-state index is 0. The number of nitrogens with zero attached hydrogens (tertiary/aromatic N) is 2. The van der Waals surface area contributed by atoms with E-state index in [2.05, 4.69) is 20.5 Å². The lowest BCUT2D eigenvalue weighted by atomic mass is 9.95. The Morgan fingerprint density at radius 2 is 2.00 bits per heavy atom. The summed E-state index contributed by atoms with van der Waals surface area (Å²) in [6.45, 7) is 5.79. The van der Waals surface area contributed by atoms with Gasteiger partial charge >= 0.3 is 0 Å². The molecule has 1 saturated carbocycles. The second-order valence-corrected chi connectivity index (χ2v) is 9.97.